The van der Waals surface area contributed by atoms with E-state index < -0.39 is 6.10 Å². The Kier molecular flexibility index (Phi) is 5.55. The van der Waals surface area contributed by atoms with Gasteiger partial charge >= 0.3 is 0 Å². The molecule has 0 bridgehead atoms. The highest BCUT2D eigenvalue weighted by Crippen LogP contribution is 2.07. The van der Waals surface area contributed by atoms with Crippen molar-refractivity contribution in [1.29, 1.82) is 0 Å². The molecule has 0 aromatic carbocycles. The van der Waals surface area contributed by atoms with Gasteiger partial charge in [0.1, 0.15) is 11.6 Å². The molecule has 1 aromatic rings. The number of hydrazine groups is 1. The van der Waals surface area contributed by atoms with Crippen LogP contribution < -0.4 is 16.6 Å². The number of hydrogen-bond donors (Lipinski definition) is 4. The molecule has 1 unspecified atom stereocenters. The van der Waals surface area contributed by atoms with Crippen molar-refractivity contribution in [1.82, 2.24) is 4.98 Å². The van der Waals surface area contributed by atoms with Crippen LogP contribution in [0.3, 0.4) is 0 Å². The van der Waals surface area contributed by atoms with Crippen LogP contribution >= 0.6 is 0 Å². The number of nitrogens with one attached hydrogen (secondary N) is 2. The van der Waals surface area contributed by atoms with Crippen LogP contribution in [0.25, 0.3) is 0 Å². The number of rotatable bonds is 7. The third-order valence-electron chi connectivity index (χ3n) is 2.04. The zero-order chi connectivity index (χ0) is 11.8. The molecule has 1 atom stereocenters. The van der Waals surface area contributed by atoms with Crippen LogP contribution in [0.5, 0.6) is 0 Å². The predicted octanol–water partition coefficient (Wildman–Crippen LogP) is 0.176. The Morgan fingerprint density at radius 2 is 2.25 bits per heavy atom. The summed E-state index contributed by atoms with van der Waals surface area (Å²) in [5.41, 5.74) is 2.47. The molecule has 1 aromatic heterocycles. The van der Waals surface area contributed by atoms with E-state index in [1.807, 2.05) is 12.1 Å². The molecule has 0 spiro atoms. The third-order valence-corrected chi connectivity index (χ3v) is 2.04. The third kappa shape index (κ3) is 4.43. The van der Waals surface area contributed by atoms with E-state index in [1.54, 1.807) is 13.2 Å². The summed E-state index contributed by atoms with van der Waals surface area (Å²) < 4.78 is 4.82. The van der Waals surface area contributed by atoms with Crippen molar-refractivity contribution in [3.05, 3.63) is 18.2 Å². The average molecular weight is 226 g/mol. The van der Waals surface area contributed by atoms with E-state index in [1.165, 1.54) is 0 Å². The van der Waals surface area contributed by atoms with E-state index in [2.05, 4.69) is 15.7 Å². The summed E-state index contributed by atoms with van der Waals surface area (Å²) in [6.45, 7) is 0.977. The monoisotopic (exact) mass is 226 g/mol. The molecular formula is C10H18N4O2. The van der Waals surface area contributed by atoms with Gasteiger partial charge in [0.05, 0.1) is 12.7 Å². The molecule has 6 nitrogen and oxygen atoms in total. The zero-order valence-electron chi connectivity index (χ0n) is 9.31. The normalized spacial score (nSPS) is 12.2. The van der Waals surface area contributed by atoms with Crippen LogP contribution in [-0.4, -0.2) is 36.5 Å². The van der Waals surface area contributed by atoms with E-state index in [4.69, 9.17) is 10.6 Å². The number of nitrogens with zero attached hydrogens (tertiary/aromatic N) is 1. The molecule has 1 heterocycles. The van der Waals surface area contributed by atoms with Gasteiger partial charge in [0.25, 0.3) is 0 Å². The molecule has 0 radical (unpaired) electrons. The molecule has 1 rings (SSSR count). The van der Waals surface area contributed by atoms with Crippen molar-refractivity contribution in [3.8, 4) is 0 Å². The maximum absolute atomic E-state index is 9.41. The minimum Gasteiger partial charge on any atom is -0.391 e. The van der Waals surface area contributed by atoms with Crippen LogP contribution in [0.1, 0.15) is 6.42 Å². The van der Waals surface area contributed by atoms with Gasteiger partial charge in [-0.2, -0.15) is 0 Å². The number of anilines is 2. The topological polar surface area (TPSA) is 92.4 Å². The Morgan fingerprint density at radius 1 is 1.50 bits per heavy atom. The highest BCUT2D eigenvalue weighted by Gasteiger charge is 2.02. The molecule has 90 valence electrons. The number of nitrogen functional groups attached to an aromatic ring is 1. The molecule has 5 N–H and O–H groups in total. The van der Waals surface area contributed by atoms with Gasteiger partial charge in [-0.15, -0.1) is 0 Å². The Bertz CT molecular complexity index is 309. The molecule has 0 aliphatic heterocycles. The molecule has 0 saturated heterocycles. The van der Waals surface area contributed by atoms with Crippen molar-refractivity contribution < 1.29 is 9.84 Å². The smallest absolute Gasteiger partial charge is 0.142 e. The fourth-order valence-corrected chi connectivity index (χ4v) is 1.26. The summed E-state index contributed by atoms with van der Waals surface area (Å²) >= 11 is 0. The van der Waals surface area contributed by atoms with Gasteiger partial charge in [0, 0.05) is 13.7 Å². The van der Waals surface area contributed by atoms with E-state index in [0.29, 0.717) is 25.4 Å². The number of nitrogens with two attached hydrogens (primary N) is 1. The first-order valence-electron chi connectivity index (χ1n) is 5.11. The van der Waals surface area contributed by atoms with Crippen molar-refractivity contribution in [2.75, 3.05) is 31.0 Å². The number of aliphatic hydroxyl groups excluding tert-OH is 1. The van der Waals surface area contributed by atoms with Crippen molar-refractivity contribution in [2.45, 2.75) is 12.5 Å². The van der Waals surface area contributed by atoms with Crippen LogP contribution in [0.2, 0.25) is 0 Å². The number of methoxy groups -OCH3 is 1. The second kappa shape index (κ2) is 7.00. The lowest BCUT2D eigenvalue weighted by atomic mass is 10.2. The van der Waals surface area contributed by atoms with E-state index in [-0.39, 0.29) is 0 Å². The first-order chi connectivity index (χ1) is 7.76. The van der Waals surface area contributed by atoms with Crippen LogP contribution in [-0.2, 0) is 4.74 Å². The van der Waals surface area contributed by atoms with E-state index in [9.17, 15) is 5.11 Å². The number of ether oxygens (including phenoxy) is 1. The SMILES string of the molecule is COCC(O)CCNc1cccc(NN)n1. The van der Waals surface area contributed by atoms with Gasteiger partial charge < -0.3 is 20.6 Å². The number of hydrogen-bond acceptors (Lipinski definition) is 6. The molecule has 6 heteroatoms. The van der Waals surface area contributed by atoms with Gasteiger partial charge in [0.2, 0.25) is 0 Å². The minimum absolute atomic E-state index is 0.347. The fourth-order valence-electron chi connectivity index (χ4n) is 1.26. The molecule has 0 amide bonds. The van der Waals surface area contributed by atoms with Gasteiger partial charge in [-0.1, -0.05) is 6.07 Å². The number of pyridine rings is 1. The lowest BCUT2D eigenvalue weighted by Gasteiger charge is -2.10. The summed E-state index contributed by atoms with van der Waals surface area (Å²) in [5.74, 6) is 6.56. The van der Waals surface area contributed by atoms with Crippen molar-refractivity contribution >= 4 is 11.6 Å². The highest BCUT2D eigenvalue weighted by atomic mass is 16.5. The molecule has 16 heavy (non-hydrogen) atoms. The maximum atomic E-state index is 9.41. The Balaban J connectivity index is 2.31. The van der Waals surface area contributed by atoms with Gasteiger partial charge in [0.15, 0.2) is 0 Å². The average Bonchev–Trinajstić information content (AvgIpc) is 2.30. The Morgan fingerprint density at radius 3 is 2.94 bits per heavy atom. The van der Waals surface area contributed by atoms with Crippen LogP contribution in [0, 0.1) is 0 Å². The maximum Gasteiger partial charge on any atom is 0.142 e. The molecule has 0 aliphatic rings. The second-order valence-electron chi connectivity index (χ2n) is 3.38. The second-order valence-corrected chi connectivity index (χ2v) is 3.38. The summed E-state index contributed by atoms with van der Waals surface area (Å²) in [5, 5.41) is 12.5. The fraction of sp³-hybridized carbons (Fsp3) is 0.500. The number of aliphatic hydroxyl groups is 1. The Hall–Kier alpha value is -1.37. The molecule has 0 fully saturated rings. The quantitative estimate of drug-likeness (QED) is 0.391. The van der Waals surface area contributed by atoms with Gasteiger partial charge in [-0.3, -0.25) is 0 Å². The molecule has 0 saturated carbocycles. The van der Waals surface area contributed by atoms with Crippen LogP contribution in [0.4, 0.5) is 11.6 Å². The van der Waals surface area contributed by atoms with E-state index in [0.717, 1.165) is 5.82 Å². The van der Waals surface area contributed by atoms with Crippen molar-refractivity contribution in [2.24, 2.45) is 5.84 Å². The lowest BCUT2D eigenvalue weighted by Crippen LogP contribution is -2.18. The lowest BCUT2D eigenvalue weighted by molar-refractivity contribution is 0.0615. The summed E-state index contributed by atoms with van der Waals surface area (Å²) in [4.78, 5) is 4.17. The zero-order valence-corrected chi connectivity index (χ0v) is 9.31. The first-order valence-corrected chi connectivity index (χ1v) is 5.11. The molecular weight excluding hydrogens is 208 g/mol. The summed E-state index contributed by atoms with van der Waals surface area (Å²) in [6, 6.07) is 5.45. The van der Waals surface area contributed by atoms with Crippen LogP contribution in [0.15, 0.2) is 18.2 Å². The Labute approximate surface area is 94.8 Å². The molecule has 0 aliphatic carbocycles. The highest BCUT2D eigenvalue weighted by molar-refractivity contribution is 5.44. The predicted molar refractivity (Wildman–Crippen MR) is 63.0 cm³/mol. The minimum atomic E-state index is -0.451. The largest absolute Gasteiger partial charge is 0.391 e. The summed E-state index contributed by atoms with van der Waals surface area (Å²) in [6.07, 6.45) is 0.156. The van der Waals surface area contributed by atoms with E-state index >= 15 is 0 Å². The first kappa shape index (κ1) is 12.7. The van der Waals surface area contributed by atoms with Gasteiger partial charge in [-0.05, 0) is 18.6 Å². The number of aromatic nitrogens is 1. The standard InChI is InChI=1S/C10H18N4O2/c1-16-7-8(15)5-6-12-9-3-2-4-10(13-9)14-11/h2-4,8,15H,5-7,11H2,1H3,(H2,12,13,14). The van der Waals surface area contributed by atoms with Crippen molar-refractivity contribution in [3.63, 3.8) is 0 Å². The summed E-state index contributed by atoms with van der Waals surface area (Å²) in [7, 11) is 1.56. The van der Waals surface area contributed by atoms with Gasteiger partial charge in [-0.25, -0.2) is 10.8 Å².